The number of hydrogen-bond acceptors (Lipinski definition) is 2. The maximum absolute atomic E-state index is 12.6. The van der Waals surface area contributed by atoms with Gasteiger partial charge in [-0.2, -0.15) is 0 Å². The van der Waals surface area contributed by atoms with Crippen LogP contribution in [0.2, 0.25) is 10.0 Å². The molecule has 0 heterocycles. The van der Waals surface area contributed by atoms with E-state index in [1.807, 2.05) is 36.4 Å². The molecule has 142 valence electrons. The molecule has 1 atom stereocenters. The molecule has 2 amide bonds. The molecule has 0 saturated carbocycles. The van der Waals surface area contributed by atoms with Crippen LogP contribution < -0.4 is 10.6 Å². The maximum Gasteiger partial charge on any atom is 0.251 e. The van der Waals surface area contributed by atoms with E-state index in [4.69, 9.17) is 23.2 Å². The molecule has 0 bridgehead atoms. The highest BCUT2D eigenvalue weighted by Crippen LogP contribution is 2.30. The molecule has 0 saturated heterocycles. The van der Waals surface area contributed by atoms with E-state index < -0.39 is 6.04 Å². The molecule has 0 unspecified atom stereocenters. The molecule has 0 aliphatic rings. The van der Waals surface area contributed by atoms with Crippen molar-refractivity contribution < 1.29 is 9.59 Å². The zero-order chi connectivity index (χ0) is 19.9. The van der Waals surface area contributed by atoms with Crippen LogP contribution in [0.3, 0.4) is 0 Å². The fourth-order valence-corrected chi connectivity index (χ4v) is 3.10. The Bertz CT molecular complexity index is 963. The van der Waals surface area contributed by atoms with Crippen LogP contribution in [-0.2, 0) is 4.79 Å². The fraction of sp³-hybridized carbons (Fsp3) is 0.0909. The van der Waals surface area contributed by atoms with E-state index in [1.54, 1.807) is 42.5 Å². The number of amides is 2. The van der Waals surface area contributed by atoms with E-state index in [1.165, 1.54) is 0 Å². The van der Waals surface area contributed by atoms with Gasteiger partial charge in [0.2, 0.25) is 5.91 Å². The van der Waals surface area contributed by atoms with Gasteiger partial charge in [-0.1, -0.05) is 77.8 Å². The van der Waals surface area contributed by atoms with Gasteiger partial charge in [-0.25, -0.2) is 0 Å². The zero-order valence-corrected chi connectivity index (χ0v) is 16.4. The van der Waals surface area contributed by atoms with E-state index in [0.29, 0.717) is 16.3 Å². The first-order valence-electron chi connectivity index (χ1n) is 8.69. The topological polar surface area (TPSA) is 58.2 Å². The third kappa shape index (κ3) is 5.12. The quantitative estimate of drug-likeness (QED) is 0.561. The van der Waals surface area contributed by atoms with E-state index in [9.17, 15) is 9.59 Å². The van der Waals surface area contributed by atoms with Gasteiger partial charge < -0.3 is 10.6 Å². The van der Waals surface area contributed by atoms with Crippen molar-refractivity contribution in [2.75, 3.05) is 5.32 Å². The Hall–Kier alpha value is -2.82. The molecule has 0 aliphatic heterocycles. The third-order valence-electron chi connectivity index (χ3n) is 4.16. The highest BCUT2D eigenvalue weighted by atomic mass is 35.5. The predicted molar refractivity (Wildman–Crippen MR) is 113 cm³/mol. The smallest absolute Gasteiger partial charge is 0.251 e. The molecule has 2 N–H and O–H groups in total. The SMILES string of the molecule is O=C(C[C@@H](NC(=O)c1ccccc1)c1ccccc1)Nc1cccc(Cl)c1Cl. The number of halogens is 2. The van der Waals surface area contributed by atoms with Gasteiger partial charge in [0.25, 0.3) is 5.91 Å². The van der Waals surface area contributed by atoms with Crippen molar-refractivity contribution in [2.24, 2.45) is 0 Å². The summed E-state index contributed by atoms with van der Waals surface area (Å²) >= 11 is 12.1. The van der Waals surface area contributed by atoms with Crippen LogP contribution in [0.1, 0.15) is 28.4 Å². The minimum absolute atomic E-state index is 0.0471. The second-order valence-electron chi connectivity index (χ2n) is 6.16. The Morgan fingerprint density at radius 3 is 2.14 bits per heavy atom. The van der Waals surface area contributed by atoms with Gasteiger partial charge in [-0.3, -0.25) is 9.59 Å². The molecule has 0 aromatic heterocycles. The van der Waals surface area contributed by atoms with Crippen LogP contribution >= 0.6 is 23.2 Å². The standard InChI is InChI=1S/C22H18Cl2N2O2/c23-17-12-7-13-18(21(17)24)25-20(27)14-19(15-8-3-1-4-9-15)26-22(28)16-10-5-2-6-11-16/h1-13,19H,14H2,(H,25,27)(H,26,28)/t19-/m1/s1. The lowest BCUT2D eigenvalue weighted by atomic mass is 10.0. The minimum atomic E-state index is -0.494. The van der Waals surface area contributed by atoms with E-state index >= 15 is 0 Å². The van der Waals surface area contributed by atoms with Crippen LogP contribution in [0.15, 0.2) is 78.9 Å². The second-order valence-corrected chi connectivity index (χ2v) is 6.94. The molecular weight excluding hydrogens is 395 g/mol. The van der Waals surface area contributed by atoms with Crippen LogP contribution in [0.5, 0.6) is 0 Å². The van der Waals surface area contributed by atoms with Crippen LogP contribution in [0, 0.1) is 0 Å². The summed E-state index contributed by atoms with van der Waals surface area (Å²) in [5, 5.41) is 6.33. The normalized spacial score (nSPS) is 11.5. The van der Waals surface area contributed by atoms with E-state index in [0.717, 1.165) is 5.56 Å². The van der Waals surface area contributed by atoms with Gasteiger partial charge in [0.05, 0.1) is 28.2 Å². The van der Waals surface area contributed by atoms with Crippen molar-refractivity contribution in [3.63, 3.8) is 0 Å². The van der Waals surface area contributed by atoms with Crippen LogP contribution in [0.4, 0.5) is 5.69 Å². The maximum atomic E-state index is 12.6. The average Bonchev–Trinajstić information content (AvgIpc) is 2.72. The van der Waals surface area contributed by atoms with Gasteiger partial charge in [-0.05, 0) is 29.8 Å². The van der Waals surface area contributed by atoms with Gasteiger partial charge >= 0.3 is 0 Å². The fourth-order valence-electron chi connectivity index (χ4n) is 2.76. The Kier molecular flexibility index (Phi) is 6.69. The lowest BCUT2D eigenvalue weighted by Crippen LogP contribution is -2.31. The molecule has 28 heavy (non-hydrogen) atoms. The molecule has 0 radical (unpaired) electrons. The predicted octanol–water partition coefficient (Wildman–Crippen LogP) is 5.49. The van der Waals surface area contributed by atoms with Crippen molar-refractivity contribution >= 4 is 40.7 Å². The Morgan fingerprint density at radius 2 is 1.46 bits per heavy atom. The summed E-state index contributed by atoms with van der Waals surface area (Å²) in [4.78, 5) is 25.2. The lowest BCUT2D eigenvalue weighted by molar-refractivity contribution is -0.116. The number of benzene rings is 3. The molecular formula is C22H18Cl2N2O2. The summed E-state index contributed by atoms with van der Waals surface area (Å²) in [5.41, 5.74) is 1.79. The first-order valence-corrected chi connectivity index (χ1v) is 9.45. The van der Waals surface area contributed by atoms with Crippen molar-refractivity contribution in [3.8, 4) is 0 Å². The molecule has 3 rings (SSSR count). The Balaban J connectivity index is 1.76. The number of nitrogens with one attached hydrogen (secondary N) is 2. The minimum Gasteiger partial charge on any atom is -0.345 e. The second kappa shape index (κ2) is 9.40. The van der Waals surface area contributed by atoms with Gasteiger partial charge in [0.1, 0.15) is 0 Å². The molecule has 0 fully saturated rings. The Morgan fingerprint density at radius 1 is 0.821 bits per heavy atom. The highest BCUT2D eigenvalue weighted by Gasteiger charge is 2.20. The monoisotopic (exact) mass is 412 g/mol. The van der Waals surface area contributed by atoms with Gasteiger partial charge in [0, 0.05) is 5.56 Å². The first-order chi connectivity index (χ1) is 13.5. The van der Waals surface area contributed by atoms with Crippen LogP contribution in [0.25, 0.3) is 0 Å². The summed E-state index contributed by atoms with van der Waals surface area (Å²) in [6.45, 7) is 0. The van der Waals surface area contributed by atoms with Crippen molar-refractivity contribution in [3.05, 3.63) is 100 Å². The number of anilines is 1. The summed E-state index contributed by atoms with van der Waals surface area (Å²) in [6, 6.07) is 22.8. The number of rotatable bonds is 6. The zero-order valence-electron chi connectivity index (χ0n) is 14.9. The average molecular weight is 413 g/mol. The van der Waals surface area contributed by atoms with E-state index in [-0.39, 0.29) is 23.3 Å². The summed E-state index contributed by atoms with van der Waals surface area (Å²) in [5.74, 6) is -0.533. The molecule has 4 nitrogen and oxygen atoms in total. The van der Waals surface area contributed by atoms with Crippen LogP contribution in [-0.4, -0.2) is 11.8 Å². The number of hydrogen-bond donors (Lipinski definition) is 2. The van der Waals surface area contributed by atoms with Crippen molar-refractivity contribution in [1.29, 1.82) is 0 Å². The Labute approximate surface area is 173 Å². The number of carbonyl (C=O) groups excluding carboxylic acids is 2. The summed E-state index contributed by atoms with van der Waals surface area (Å²) in [6.07, 6.45) is 0.0471. The van der Waals surface area contributed by atoms with Gasteiger partial charge in [-0.15, -0.1) is 0 Å². The summed E-state index contributed by atoms with van der Waals surface area (Å²) in [7, 11) is 0. The summed E-state index contributed by atoms with van der Waals surface area (Å²) < 4.78 is 0. The number of carbonyl (C=O) groups is 2. The molecule has 0 aliphatic carbocycles. The van der Waals surface area contributed by atoms with Crippen molar-refractivity contribution in [1.82, 2.24) is 5.32 Å². The van der Waals surface area contributed by atoms with E-state index in [2.05, 4.69) is 10.6 Å². The van der Waals surface area contributed by atoms with Gasteiger partial charge in [0.15, 0.2) is 0 Å². The van der Waals surface area contributed by atoms with Crippen molar-refractivity contribution in [2.45, 2.75) is 12.5 Å². The largest absolute Gasteiger partial charge is 0.345 e. The molecule has 6 heteroatoms. The molecule has 3 aromatic rings. The highest BCUT2D eigenvalue weighted by molar-refractivity contribution is 6.43. The lowest BCUT2D eigenvalue weighted by Gasteiger charge is -2.19. The third-order valence-corrected chi connectivity index (χ3v) is 4.98. The molecule has 0 spiro atoms. The molecule has 3 aromatic carbocycles. The first kappa shape index (κ1) is 19.9.